The van der Waals surface area contributed by atoms with Crippen molar-refractivity contribution in [2.75, 3.05) is 5.32 Å². The van der Waals surface area contributed by atoms with Crippen LogP contribution in [0.5, 0.6) is 0 Å². The Morgan fingerprint density at radius 2 is 1.57 bits per heavy atom. The van der Waals surface area contributed by atoms with Gasteiger partial charge < -0.3 is 5.32 Å². The summed E-state index contributed by atoms with van der Waals surface area (Å²) in [5.41, 5.74) is 2.99. The monoisotopic (exact) mass is 279 g/mol. The number of amides is 1. The summed E-state index contributed by atoms with van der Waals surface area (Å²) in [6, 6.07) is 14.9. The molecule has 21 heavy (non-hydrogen) atoms. The maximum atomic E-state index is 11.8. The van der Waals surface area contributed by atoms with Crippen molar-refractivity contribution in [2.24, 2.45) is 0 Å². The smallest absolute Gasteiger partial charge is 0.248 e. The summed E-state index contributed by atoms with van der Waals surface area (Å²) in [5.74, 6) is -0.189. The van der Waals surface area contributed by atoms with Gasteiger partial charge in [0.2, 0.25) is 5.91 Å². The second-order valence-electron chi connectivity index (χ2n) is 4.64. The van der Waals surface area contributed by atoms with E-state index in [0.29, 0.717) is 11.3 Å². The summed E-state index contributed by atoms with van der Waals surface area (Å²) in [6.45, 7) is 3.33. The Bertz CT molecular complexity index is 702. The zero-order chi connectivity index (χ0) is 15.2. The molecule has 0 aliphatic heterocycles. The van der Waals surface area contributed by atoms with Gasteiger partial charge in [0.1, 0.15) is 0 Å². The van der Waals surface area contributed by atoms with E-state index in [2.05, 4.69) is 5.32 Å². The molecule has 106 valence electrons. The van der Waals surface area contributed by atoms with Gasteiger partial charge in [-0.15, -0.1) is 0 Å². The minimum Gasteiger partial charge on any atom is -0.322 e. The molecule has 3 nitrogen and oxygen atoms in total. The normalized spacial score (nSPS) is 10.6. The molecule has 1 amide bonds. The van der Waals surface area contributed by atoms with Crippen molar-refractivity contribution in [1.82, 2.24) is 0 Å². The van der Waals surface area contributed by atoms with Gasteiger partial charge in [0, 0.05) is 16.8 Å². The minimum atomic E-state index is -0.190. The van der Waals surface area contributed by atoms with Crippen molar-refractivity contribution in [1.29, 1.82) is 0 Å². The molecule has 0 atom stereocenters. The average Bonchev–Trinajstić information content (AvgIpc) is 2.48. The summed E-state index contributed by atoms with van der Waals surface area (Å²) in [4.78, 5) is 23.5. The maximum absolute atomic E-state index is 11.8. The van der Waals surface area contributed by atoms with E-state index in [-0.39, 0.29) is 11.7 Å². The Labute approximate surface area is 124 Å². The van der Waals surface area contributed by atoms with Gasteiger partial charge in [-0.3, -0.25) is 9.59 Å². The number of nitrogens with one attached hydrogen (secondary N) is 1. The van der Waals surface area contributed by atoms with Crippen LogP contribution in [0.3, 0.4) is 0 Å². The molecule has 0 radical (unpaired) electrons. The van der Waals surface area contributed by atoms with Crippen LogP contribution >= 0.6 is 0 Å². The molecule has 0 saturated heterocycles. The van der Waals surface area contributed by atoms with E-state index in [9.17, 15) is 9.59 Å². The van der Waals surface area contributed by atoms with Gasteiger partial charge in [0.25, 0.3) is 0 Å². The summed E-state index contributed by atoms with van der Waals surface area (Å²) in [5, 5.41) is 2.84. The molecule has 0 unspecified atom stereocenters. The van der Waals surface area contributed by atoms with Crippen LogP contribution in [-0.2, 0) is 4.79 Å². The Kier molecular flexibility index (Phi) is 4.67. The van der Waals surface area contributed by atoms with Crippen LogP contribution in [0.15, 0.2) is 60.7 Å². The van der Waals surface area contributed by atoms with Gasteiger partial charge in [-0.1, -0.05) is 48.5 Å². The molecule has 1 N–H and O–H groups in total. The predicted molar refractivity (Wildman–Crippen MR) is 85.3 cm³/mol. The van der Waals surface area contributed by atoms with Crippen molar-refractivity contribution in [2.45, 2.75) is 13.8 Å². The first-order valence-electron chi connectivity index (χ1n) is 6.76. The predicted octanol–water partition coefficient (Wildman–Crippen LogP) is 4.07. The Morgan fingerprint density at radius 1 is 0.952 bits per heavy atom. The third kappa shape index (κ3) is 3.45. The molecule has 2 aromatic rings. The van der Waals surface area contributed by atoms with Gasteiger partial charge in [-0.2, -0.15) is 0 Å². The first-order valence-corrected chi connectivity index (χ1v) is 6.76. The first kappa shape index (κ1) is 14.7. The fourth-order valence-electron chi connectivity index (χ4n) is 2.18. The number of Topliss-reactive ketones (excluding diaryl/α,β-unsaturated/α-hetero) is 1. The van der Waals surface area contributed by atoms with Gasteiger partial charge in [0.15, 0.2) is 5.78 Å². The van der Waals surface area contributed by atoms with E-state index in [0.717, 1.165) is 11.1 Å². The summed E-state index contributed by atoms with van der Waals surface area (Å²) in [7, 11) is 0. The maximum Gasteiger partial charge on any atom is 0.248 e. The SMILES string of the molecule is C/C=C/C(=O)Nc1ccccc1-c1ccccc1C(C)=O. The van der Waals surface area contributed by atoms with Gasteiger partial charge in [-0.05, 0) is 31.6 Å². The van der Waals surface area contributed by atoms with E-state index in [1.807, 2.05) is 42.5 Å². The zero-order valence-corrected chi connectivity index (χ0v) is 12.1. The lowest BCUT2D eigenvalue weighted by atomic mass is 9.96. The average molecular weight is 279 g/mol. The number of allylic oxidation sites excluding steroid dienone is 1. The van der Waals surface area contributed by atoms with Crippen molar-refractivity contribution < 1.29 is 9.59 Å². The van der Waals surface area contributed by atoms with E-state index in [4.69, 9.17) is 0 Å². The molecule has 2 aromatic carbocycles. The van der Waals surface area contributed by atoms with E-state index in [1.165, 1.54) is 6.08 Å². The molecule has 0 saturated carbocycles. The van der Waals surface area contributed by atoms with Crippen LogP contribution in [0.2, 0.25) is 0 Å². The number of para-hydroxylation sites is 1. The summed E-state index contributed by atoms with van der Waals surface area (Å²) in [6.07, 6.45) is 3.15. The highest BCUT2D eigenvalue weighted by atomic mass is 16.1. The molecule has 0 heterocycles. The van der Waals surface area contributed by atoms with Crippen molar-refractivity contribution in [3.8, 4) is 11.1 Å². The molecule has 0 bridgehead atoms. The third-order valence-electron chi connectivity index (χ3n) is 3.10. The molecule has 0 aromatic heterocycles. The summed E-state index contributed by atoms with van der Waals surface area (Å²) < 4.78 is 0. The molecular weight excluding hydrogens is 262 g/mol. The molecule has 2 rings (SSSR count). The zero-order valence-electron chi connectivity index (χ0n) is 12.1. The van der Waals surface area contributed by atoms with Crippen molar-refractivity contribution in [3.63, 3.8) is 0 Å². The lowest BCUT2D eigenvalue weighted by Crippen LogP contribution is -2.09. The highest BCUT2D eigenvalue weighted by Gasteiger charge is 2.12. The second-order valence-corrected chi connectivity index (χ2v) is 4.64. The van der Waals surface area contributed by atoms with Crippen LogP contribution in [-0.4, -0.2) is 11.7 Å². The number of hydrogen-bond donors (Lipinski definition) is 1. The minimum absolute atomic E-state index is 0.000170. The largest absolute Gasteiger partial charge is 0.322 e. The Morgan fingerprint density at radius 3 is 2.24 bits per heavy atom. The third-order valence-corrected chi connectivity index (χ3v) is 3.10. The van der Waals surface area contributed by atoms with Crippen LogP contribution in [0.4, 0.5) is 5.69 Å². The fourth-order valence-corrected chi connectivity index (χ4v) is 2.18. The van der Waals surface area contributed by atoms with Crippen LogP contribution < -0.4 is 5.32 Å². The lowest BCUT2D eigenvalue weighted by Gasteiger charge is -2.12. The van der Waals surface area contributed by atoms with E-state index >= 15 is 0 Å². The lowest BCUT2D eigenvalue weighted by molar-refractivity contribution is -0.111. The molecule has 0 fully saturated rings. The number of carbonyl (C=O) groups is 2. The number of ketones is 1. The fraction of sp³-hybridized carbons (Fsp3) is 0.111. The molecule has 0 aliphatic rings. The standard InChI is InChI=1S/C18H17NO2/c1-3-8-18(21)19-17-12-7-6-11-16(17)15-10-5-4-9-14(15)13(2)20/h3-12H,1-2H3,(H,19,21)/b8-3+. The molecule has 0 spiro atoms. The highest BCUT2D eigenvalue weighted by molar-refractivity contribution is 6.05. The quantitative estimate of drug-likeness (QED) is 0.677. The topological polar surface area (TPSA) is 46.2 Å². The Hall–Kier alpha value is -2.68. The van der Waals surface area contributed by atoms with Crippen molar-refractivity contribution in [3.05, 3.63) is 66.2 Å². The van der Waals surface area contributed by atoms with Crippen LogP contribution in [0, 0.1) is 0 Å². The number of anilines is 1. The molecule has 0 aliphatic carbocycles. The number of hydrogen-bond acceptors (Lipinski definition) is 2. The van der Waals surface area contributed by atoms with Crippen LogP contribution in [0.25, 0.3) is 11.1 Å². The van der Waals surface area contributed by atoms with E-state index in [1.54, 1.807) is 26.0 Å². The summed E-state index contributed by atoms with van der Waals surface area (Å²) >= 11 is 0. The Balaban J connectivity index is 2.50. The highest BCUT2D eigenvalue weighted by Crippen LogP contribution is 2.30. The van der Waals surface area contributed by atoms with E-state index < -0.39 is 0 Å². The number of benzene rings is 2. The molecular formula is C18H17NO2. The van der Waals surface area contributed by atoms with Crippen molar-refractivity contribution >= 4 is 17.4 Å². The number of carbonyl (C=O) groups excluding carboxylic acids is 2. The van der Waals surface area contributed by atoms with Gasteiger partial charge in [-0.25, -0.2) is 0 Å². The molecule has 3 heteroatoms. The van der Waals surface area contributed by atoms with Crippen LogP contribution in [0.1, 0.15) is 24.2 Å². The number of rotatable bonds is 4. The first-order chi connectivity index (χ1) is 10.1. The van der Waals surface area contributed by atoms with Gasteiger partial charge in [0.05, 0.1) is 0 Å². The van der Waals surface area contributed by atoms with Gasteiger partial charge >= 0.3 is 0 Å². The second kappa shape index (κ2) is 6.66.